The Labute approximate surface area is 359 Å². The third-order valence-electron chi connectivity index (χ3n) is 8.53. The lowest BCUT2D eigenvalue weighted by Crippen LogP contribution is -2.30. The van der Waals surface area contributed by atoms with Crippen LogP contribution in [0.25, 0.3) is 0 Å². The molecule has 0 amide bonds. The third kappa shape index (κ3) is 44.2. The van der Waals surface area contributed by atoms with Gasteiger partial charge in [-0.05, 0) is 83.5 Å². The molecule has 6 heteroatoms. The Morgan fingerprint density at radius 1 is 0.373 bits per heavy atom. The maximum atomic E-state index is 12.7. The molecule has 0 saturated heterocycles. The zero-order valence-corrected chi connectivity index (χ0v) is 36.9. The van der Waals surface area contributed by atoms with E-state index in [4.69, 9.17) is 14.2 Å². The molecule has 0 aromatic heterocycles. The molecule has 0 rings (SSSR count). The van der Waals surface area contributed by atoms with Crippen LogP contribution in [0.5, 0.6) is 0 Å². The predicted octanol–water partition coefficient (Wildman–Crippen LogP) is 14.5. The van der Waals surface area contributed by atoms with Crippen molar-refractivity contribution in [2.75, 3.05) is 13.2 Å². The fraction of sp³-hybridized carbons (Fsp3) is 0.491. The molecule has 0 aliphatic carbocycles. The second-order valence-electron chi connectivity index (χ2n) is 14.1. The molecule has 0 aliphatic rings. The van der Waals surface area contributed by atoms with Gasteiger partial charge in [-0.15, -0.1) is 0 Å². The number of rotatable bonds is 37. The van der Waals surface area contributed by atoms with Crippen LogP contribution in [0.2, 0.25) is 0 Å². The molecule has 0 aliphatic heterocycles. The molecule has 0 saturated carbocycles. The number of unbranched alkanes of at least 4 members (excludes halogenated alkanes) is 9. The monoisotopic (exact) mass is 811 g/mol. The van der Waals surface area contributed by atoms with E-state index in [0.717, 1.165) is 83.5 Å². The van der Waals surface area contributed by atoms with Crippen molar-refractivity contribution in [1.82, 2.24) is 0 Å². The van der Waals surface area contributed by atoms with Crippen molar-refractivity contribution in [1.29, 1.82) is 0 Å². The lowest BCUT2D eigenvalue weighted by molar-refractivity contribution is -0.167. The molecule has 1 unspecified atom stereocenters. The number of carbonyl (C=O) groups excluding carboxylic acids is 3. The van der Waals surface area contributed by atoms with Crippen molar-refractivity contribution in [3.05, 3.63) is 146 Å². The summed E-state index contributed by atoms with van der Waals surface area (Å²) < 4.78 is 16.6. The summed E-state index contributed by atoms with van der Waals surface area (Å²) in [4.78, 5) is 37.7. The average Bonchev–Trinajstić information content (AvgIpc) is 3.23. The van der Waals surface area contributed by atoms with Gasteiger partial charge in [0.2, 0.25) is 0 Å². The highest BCUT2D eigenvalue weighted by atomic mass is 16.6. The van der Waals surface area contributed by atoms with Gasteiger partial charge in [0.1, 0.15) is 13.2 Å². The van der Waals surface area contributed by atoms with E-state index in [0.29, 0.717) is 19.3 Å². The Hall–Kier alpha value is -4.71. The van der Waals surface area contributed by atoms with Crippen molar-refractivity contribution in [3.63, 3.8) is 0 Å². The van der Waals surface area contributed by atoms with E-state index in [9.17, 15) is 14.4 Å². The molecule has 0 bridgehead atoms. The molecule has 1 atom stereocenters. The van der Waals surface area contributed by atoms with Crippen molar-refractivity contribution in [3.8, 4) is 0 Å². The summed E-state index contributed by atoms with van der Waals surface area (Å²) in [5, 5.41) is 0. The first kappa shape index (κ1) is 54.3. The lowest BCUT2D eigenvalue weighted by Gasteiger charge is -2.18. The van der Waals surface area contributed by atoms with Gasteiger partial charge >= 0.3 is 17.9 Å². The third-order valence-corrected chi connectivity index (χ3v) is 8.53. The van der Waals surface area contributed by atoms with Gasteiger partial charge < -0.3 is 14.2 Å². The van der Waals surface area contributed by atoms with Crippen LogP contribution in [0.3, 0.4) is 0 Å². The highest BCUT2D eigenvalue weighted by molar-refractivity contribution is 5.71. The largest absolute Gasteiger partial charge is 0.462 e. The minimum Gasteiger partial charge on any atom is -0.462 e. The normalized spacial score (nSPS) is 13.5. The van der Waals surface area contributed by atoms with Gasteiger partial charge in [-0.3, -0.25) is 14.4 Å². The van der Waals surface area contributed by atoms with Gasteiger partial charge in [0, 0.05) is 19.3 Å². The van der Waals surface area contributed by atoms with Crippen LogP contribution in [0.15, 0.2) is 146 Å². The highest BCUT2D eigenvalue weighted by Gasteiger charge is 2.19. The summed E-state index contributed by atoms with van der Waals surface area (Å²) >= 11 is 0. The first-order valence-corrected chi connectivity index (χ1v) is 22.5. The van der Waals surface area contributed by atoms with E-state index in [1.165, 1.54) is 12.8 Å². The first-order chi connectivity index (χ1) is 29.0. The standard InChI is InChI=1S/C53H78O6/c1-4-7-10-13-16-19-22-23-24-25-26-27-28-29-32-34-37-40-43-46-52(55)58-49-50(59-53(56)47-44-41-38-35-31-21-18-15-12-9-6-3)48-57-51(54)45-42-39-36-33-30-20-17-14-11-8-5-2/h7,9-10,12-14,16-30,32,35,38,50H,4-6,8,11,15,31,33-34,36-37,39-49H2,1-3H3/b10-7-,12-9-,16-13-,17-14-,21-18-,22-19-,24-23-,26-25+,28-27-,30-20-,32-29-,38-35-. The maximum Gasteiger partial charge on any atom is 0.306 e. The molecule has 0 spiro atoms. The number of carbonyl (C=O) groups is 3. The summed E-state index contributed by atoms with van der Waals surface area (Å²) in [5.41, 5.74) is 0. The van der Waals surface area contributed by atoms with Crippen LogP contribution >= 0.6 is 0 Å². The maximum absolute atomic E-state index is 12.7. The molecular formula is C53H78O6. The Kier molecular flexibility index (Phi) is 42.3. The average molecular weight is 811 g/mol. The second kappa shape index (κ2) is 46.0. The molecule has 326 valence electrons. The second-order valence-corrected chi connectivity index (χ2v) is 14.1. The molecule has 0 fully saturated rings. The Morgan fingerprint density at radius 3 is 1.25 bits per heavy atom. The summed E-state index contributed by atoms with van der Waals surface area (Å²) in [6.45, 7) is 6.16. The van der Waals surface area contributed by atoms with E-state index >= 15 is 0 Å². The van der Waals surface area contributed by atoms with Crippen LogP contribution < -0.4 is 0 Å². The predicted molar refractivity (Wildman–Crippen MR) is 251 cm³/mol. The number of allylic oxidation sites excluding steroid dienone is 24. The van der Waals surface area contributed by atoms with Gasteiger partial charge in [0.15, 0.2) is 6.10 Å². The van der Waals surface area contributed by atoms with Crippen molar-refractivity contribution in [2.24, 2.45) is 0 Å². The molecule has 0 radical (unpaired) electrons. The summed E-state index contributed by atoms with van der Waals surface area (Å²) in [7, 11) is 0. The van der Waals surface area contributed by atoms with Crippen LogP contribution in [-0.2, 0) is 28.6 Å². The summed E-state index contributed by atoms with van der Waals surface area (Å²) in [5.74, 6) is -1.08. The zero-order valence-electron chi connectivity index (χ0n) is 36.9. The Bertz CT molecular complexity index is 1390. The number of ether oxygens (including phenoxy) is 3. The van der Waals surface area contributed by atoms with Gasteiger partial charge in [-0.1, -0.05) is 192 Å². The van der Waals surface area contributed by atoms with Crippen LogP contribution in [0.4, 0.5) is 0 Å². The topological polar surface area (TPSA) is 78.9 Å². The molecule has 0 heterocycles. The van der Waals surface area contributed by atoms with E-state index in [1.807, 2.05) is 72.9 Å². The van der Waals surface area contributed by atoms with Crippen molar-refractivity contribution < 1.29 is 28.6 Å². The first-order valence-electron chi connectivity index (χ1n) is 22.5. The number of hydrogen-bond donors (Lipinski definition) is 0. The van der Waals surface area contributed by atoms with E-state index < -0.39 is 12.1 Å². The highest BCUT2D eigenvalue weighted by Crippen LogP contribution is 2.10. The molecule has 6 nitrogen and oxygen atoms in total. The van der Waals surface area contributed by atoms with Crippen LogP contribution in [0.1, 0.15) is 149 Å². The van der Waals surface area contributed by atoms with Gasteiger partial charge in [-0.25, -0.2) is 0 Å². The van der Waals surface area contributed by atoms with Gasteiger partial charge in [0.25, 0.3) is 0 Å². The van der Waals surface area contributed by atoms with E-state index in [1.54, 1.807) is 0 Å². The smallest absolute Gasteiger partial charge is 0.306 e. The minimum absolute atomic E-state index is 0.134. The summed E-state index contributed by atoms with van der Waals surface area (Å²) in [6, 6.07) is 0. The Balaban J connectivity index is 4.59. The van der Waals surface area contributed by atoms with E-state index in [2.05, 4.69) is 93.7 Å². The fourth-order valence-electron chi connectivity index (χ4n) is 5.19. The van der Waals surface area contributed by atoms with Crippen LogP contribution in [0, 0.1) is 0 Å². The Morgan fingerprint density at radius 2 is 0.763 bits per heavy atom. The number of esters is 3. The van der Waals surface area contributed by atoms with Crippen LogP contribution in [-0.4, -0.2) is 37.2 Å². The van der Waals surface area contributed by atoms with E-state index in [-0.39, 0.29) is 38.0 Å². The molecular weight excluding hydrogens is 733 g/mol. The van der Waals surface area contributed by atoms with Gasteiger partial charge in [0.05, 0.1) is 0 Å². The quantitative estimate of drug-likeness (QED) is 0.0204. The van der Waals surface area contributed by atoms with Gasteiger partial charge in [-0.2, -0.15) is 0 Å². The van der Waals surface area contributed by atoms with Crippen molar-refractivity contribution >= 4 is 17.9 Å². The lowest BCUT2D eigenvalue weighted by atomic mass is 10.1. The molecule has 0 aromatic rings. The zero-order chi connectivity index (χ0) is 43.0. The SMILES string of the molecule is CC\C=C/C=C\C=C/C=C\C=C\C=C/C=C\CCCCCC(=O)OCC(COC(=O)CCCCC/C=C\C=C/CCCC)OC(=O)CCC/C=C\C/C=C\C/C=C\CC. The molecule has 0 N–H and O–H groups in total. The van der Waals surface area contributed by atoms with Crippen molar-refractivity contribution in [2.45, 2.75) is 155 Å². The fourth-order valence-corrected chi connectivity index (χ4v) is 5.19. The number of hydrogen-bond acceptors (Lipinski definition) is 6. The molecule has 59 heavy (non-hydrogen) atoms. The summed E-state index contributed by atoms with van der Waals surface area (Å²) in [6.07, 6.45) is 65.5. The minimum atomic E-state index is -0.838. The molecule has 0 aromatic carbocycles.